The Morgan fingerprint density at radius 2 is 2.04 bits per heavy atom. The molecule has 1 aliphatic rings. The van der Waals surface area contributed by atoms with E-state index in [9.17, 15) is 14.7 Å². The van der Waals surface area contributed by atoms with E-state index in [-0.39, 0.29) is 17.5 Å². The third kappa shape index (κ3) is 3.44. The molecular weight excluding hydrogens is 362 g/mol. The van der Waals surface area contributed by atoms with E-state index in [1.807, 2.05) is 16.7 Å². The zero-order valence-corrected chi connectivity index (χ0v) is 16.6. The van der Waals surface area contributed by atoms with Crippen LogP contribution in [0.25, 0.3) is 11.3 Å². The van der Waals surface area contributed by atoms with Crippen molar-refractivity contribution in [3.8, 4) is 17.0 Å². The molecule has 1 aliphatic heterocycles. The van der Waals surface area contributed by atoms with Crippen molar-refractivity contribution in [2.45, 2.75) is 32.2 Å². The fraction of sp³-hybridized carbons (Fsp3) is 0.400. The molecule has 141 valence electrons. The smallest absolute Gasteiger partial charge is 0.341 e. The minimum Gasteiger partial charge on any atom is -0.491 e. The van der Waals surface area contributed by atoms with E-state index in [4.69, 9.17) is 9.47 Å². The van der Waals surface area contributed by atoms with Gasteiger partial charge in [-0.05, 0) is 23.2 Å². The molecule has 0 aliphatic carbocycles. The van der Waals surface area contributed by atoms with Gasteiger partial charge in [-0.25, -0.2) is 4.79 Å². The average Bonchev–Trinajstić information content (AvgIpc) is 2.63. The van der Waals surface area contributed by atoms with Gasteiger partial charge in [0.2, 0.25) is 0 Å². The van der Waals surface area contributed by atoms with Gasteiger partial charge in [-0.15, -0.1) is 0 Å². The van der Waals surface area contributed by atoms with E-state index in [1.54, 1.807) is 7.11 Å². The molecule has 0 amide bonds. The molecule has 2 aromatic rings. The van der Waals surface area contributed by atoms with Gasteiger partial charge in [0.25, 0.3) is 0 Å². The molecule has 0 saturated heterocycles. The number of pyridine rings is 1. The Bertz CT molecular complexity index is 937. The Kier molecular flexibility index (Phi) is 5.52. The van der Waals surface area contributed by atoms with Gasteiger partial charge < -0.3 is 19.1 Å². The second kappa shape index (κ2) is 7.70. The van der Waals surface area contributed by atoms with Gasteiger partial charge in [-0.3, -0.25) is 4.79 Å². The Balaban J connectivity index is 2.18. The van der Waals surface area contributed by atoms with Crippen molar-refractivity contribution in [2.75, 3.05) is 20.3 Å². The number of carboxylic acid groups (broad SMARTS) is 1. The van der Waals surface area contributed by atoms with Crippen molar-refractivity contribution in [1.29, 1.82) is 0 Å². The van der Waals surface area contributed by atoms with Gasteiger partial charge in [0, 0.05) is 36.9 Å². The maximum atomic E-state index is 12.3. The lowest BCUT2D eigenvalue weighted by molar-refractivity contribution is 0.0694. The summed E-state index contributed by atoms with van der Waals surface area (Å²) in [5.41, 5.74) is 2.03. The van der Waals surface area contributed by atoms with E-state index >= 15 is 0 Å². The van der Waals surface area contributed by atoms with Crippen LogP contribution in [0.2, 0.25) is 0 Å². The number of carboxylic acids is 1. The predicted octanol–water partition coefficient (Wildman–Crippen LogP) is 2.10. The van der Waals surface area contributed by atoms with Crippen LogP contribution in [0, 0.1) is 0 Å². The summed E-state index contributed by atoms with van der Waals surface area (Å²) < 4.78 is 12.8. The largest absolute Gasteiger partial charge is 0.491 e. The van der Waals surface area contributed by atoms with Crippen LogP contribution >= 0.6 is 0 Å². The summed E-state index contributed by atoms with van der Waals surface area (Å²) in [5.74, 6) is -0.341. The fourth-order valence-corrected chi connectivity index (χ4v) is 4.04. The minimum absolute atomic E-state index is 0.0542. The SMILES string of the molecule is CCC1C(C)c2cc(OCCOC)c([Si])cc2-c2cc(=O)c(C(=O)O)cn21. The summed E-state index contributed by atoms with van der Waals surface area (Å²) in [6.07, 6.45) is 2.29. The molecule has 1 aromatic carbocycles. The number of fused-ring (bicyclic) bond motifs is 3. The summed E-state index contributed by atoms with van der Waals surface area (Å²) in [7, 11) is 5.22. The topological polar surface area (TPSA) is 77.8 Å². The Morgan fingerprint density at radius 3 is 2.67 bits per heavy atom. The van der Waals surface area contributed by atoms with E-state index in [2.05, 4.69) is 24.1 Å². The lowest BCUT2D eigenvalue weighted by Gasteiger charge is -2.36. The first-order valence-corrected chi connectivity index (χ1v) is 9.40. The van der Waals surface area contributed by atoms with Crippen LogP contribution in [-0.4, -0.2) is 46.2 Å². The van der Waals surface area contributed by atoms with Crippen molar-refractivity contribution in [3.05, 3.63) is 45.7 Å². The van der Waals surface area contributed by atoms with Crippen molar-refractivity contribution < 1.29 is 19.4 Å². The third-order valence-electron chi connectivity index (χ3n) is 5.13. The molecule has 0 saturated carbocycles. The Labute approximate surface area is 161 Å². The summed E-state index contributed by atoms with van der Waals surface area (Å²) in [6, 6.07) is 5.41. The highest BCUT2D eigenvalue weighted by molar-refractivity contribution is 6.34. The average molecular weight is 384 g/mol. The molecule has 3 radical (unpaired) electrons. The number of hydrogen-bond acceptors (Lipinski definition) is 4. The van der Waals surface area contributed by atoms with Gasteiger partial charge in [0.05, 0.1) is 22.5 Å². The quantitative estimate of drug-likeness (QED) is 0.610. The number of hydrogen-bond donors (Lipinski definition) is 1. The van der Waals surface area contributed by atoms with Crippen molar-refractivity contribution in [2.24, 2.45) is 0 Å². The monoisotopic (exact) mass is 384 g/mol. The molecule has 2 heterocycles. The van der Waals surface area contributed by atoms with Gasteiger partial charge in [-0.1, -0.05) is 19.9 Å². The molecule has 0 fully saturated rings. The van der Waals surface area contributed by atoms with E-state index < -0.39 is 11.4 Å². The minimum atomic E-state index is -1.20. The zero-order valence-electron chi connectivity index (χ0n) is 15.6. The number of carbonyl (C=O) groups is 1. The fourth-order valence-electron chi connectivity index (χ4n) is 3.75. The first kappa shape index (κ1) is 19.4. The van der Waals surface area contributed by atoms with Crippen molar-refractivity contribution >= 4 is 21.4 Å². The first-order valence-electron chi connectivity index (χ1n) is 8.90. The maximum Gasteiger partial charge on any atom is 0.341 e. The third-order valence-corrected chi connectivity index (χ3v) is 5.52. The number of benzene rings is 1. The molecular formula is C20H22NO5Si. The van der Waals surface area contributed by atoms with Crippen LogP contribution in [0.1, 0.15) is 48.1 Å². The standard InChI is InChI=1S/C20H22NO5Si/c1-4-15-11(2)12-7-18(26-6-5-25-3)19(27)8-13(12)16-9-17(22)14(20(23)24)10-21(15)16/h7-11,15H,4-6H2,1-3H3,(H,23,24). The van der Waals surface area contributed by atoms with Gasteiger partial charge in [0.15, 0.2) is 5.43 Å². The molecule has 2 atom stereocenters. The van der Waals surface area contributed by atoms with E-state index in [1.165, 1.54) is 12.3 Å². The van der Waals surface area contributed by atoms with Crippen LogP contribution in [0.5, 0.6) is 5.75 Å². The molecule has 1 aromatic heterocycles. The van der Waals surface area contributed by atoms with Crippen molar-refractivity contribution in [1.82, 2.24) is 4.57 Å². The molecule has 3 rings (SSSR count). The first-order chi connectivity index (χ1) is 12.9. The summed E-state index contributed by atoms with van der Waals surface area (Å²) in [4.78, 5) is 23.7. The molecule has 2 unspecified atom stereocenters. The molecule has 7 heteroatoms. The van der Waals surface area contributed by atoms with Crippen LogP contribution in [0.3, 0.4) is 0 Å². The van der Waals surface area contributed by atoms with Crippen LogP contribution in [0.15, 0.2) is 29.2 Å². The second-order valence-corrected chi connectivity index (χ2v) is 7.23. The van der Waals surface area contributed by atoms with Crippen LogP contribution in [-0.2, 0) is 4.74 Å². The predicted molar refractivity (Wildman–Crippen MR) is 104 cm³/mol. The number of rotatable bonds is 6. The summed E-state index contributed by atoms with van der Waals surface area (Å²) >= 11 is 0. The summed E-state index contributed by atoms with van der Waals surface area (Å²) in [5, 5.41) is 10.1. The highest BCUT2D eigenvalue weighted by atomic mass is 28.1. The number of aromatic nitrogens is 1. The maximum absolute atomic E-state index is 12.3. The lowest BCUT2D eigenvalue weighted by atomic mass is 9.82. The number of methoxy groups -OCH3 is 1. The van der Waals surface area contributed by atoms with Gasteiger partial charge in [0.1, 0.15) is 17.9 Å². The molecule has 6 nitrogen and oxygen atoms in total. The van der Waals surface area contributed by atoms with Crippen LogP contribution in [0.4, 0.5) is 0 Å². The van der Waals surface area contributed by atoms with E-state index in [0.717, 1.165) is 34.2 Å². The zero-order chi connectivity index (χ0) is 19.7. The Hall–Kier alpha value is -2.38. The number of nitrogens with zero attached hydrogens (tertiary/aromatic N) is 1. The van der Waals surface area contributed by atoms with Crippen molar-refractivity contribution in [3.63, 3.8) is 0 Å². The molecule has 1 N–H and O–H groups in total. The lowest BCUT2D eigenvalue weighted by Crippen LogP contribution is -2.28. The number of ether oxygens (including phenoxy) is 2. The number of aromatic carboxylic acids is 1. The molecule has 27 heavy (non-hydrogen) atoms. The molecule has 0 spiro atoms. The van der Waals surface area contributed by atoms with E-state index in [0.29, 0.717) is 13.2 Å². The van der Waals surface area contributed by atoms with Gasteiger partial charge >= 0.3 is 5.97 Å². The highest BCUT2D eigenvalue weighted by Gasteiger charge is 2.31. The van der Waals surface area contributed by atoms with Gasteiger partial charge in [-0.2, -0.15) is 0 Å². The van der Waals surface area contributed by atoms with Crippen LogP contribution < -0.4 is 15.4 Å². The summed E-state index contributed by atoms with van der Waals surface area (Å²) in [6.45, 7) is 5.10. The second-order valence-electron chi connectivity index (χ2n) is 6.69. The molecule has 0 bridgehead atoms. The Morgan fingerprint density at radius 1 is 1.30 bits per heavy atom. The highest BCUT2D eigenvalue weighted by Crippen LogP contribution is 2.44. The normalized spacial score (nSPS) is 17.9.